The highest BCUT2D eigenvalue weighted by Crippen LogP contribution is 2.29. The number of aromatic nitrogens is 2. The molecule has 4 heteroatoms. The van der Waals surface area contributed by atoms with E-state index in [1.807, 2.05) is 37.3 Å². The van der Waals surface area contributed by atoms with Crippen molar-refractivity contribution in [3.05, 3.63) is 58.4 Å². The minimum absolute atomic E-state index is 0.0876. The lowest BCUT2D eigenvalue weighted by Gasteiger charge is -2.13. The van der Waals surface area contributed by atoms with Gasteiger partial charge in [0.25, 0.3) is 5.56 Å². The molecule has 0 radical (unpaired) electrons. The fourth-order valence-electron chi connectivity index (χ4n) is 2.52. The largest absolute Gasteiger partial charge is 0.493 e. The second-order valence-electron chi connectivity index (χ2n) is 4.77. The van der Waals surface area contributed by atoms with Crippen molar-refractivity contribution in [1.82, 2.24) is 9.55 Å². The molecule has 0 aliphatic rings. The molecule has 0 saturated heterocycles. The van der Waals surface area contributed by atoms with Crippen LogP contribution in [0, 0.1) is 6.92 Å². The van der Waals surface area contributed by atoms with Crippen LogP contribution in [0.25, 0.3) is 22.2 Å². The molecule has 0 amide bonds. The monoisotopic (exact) mass is 266 g/mol. The summed E-state index contributed by atoms with van der Waals surface area (Å²) in [6.45, 7) is 1.82. The van der Waals surface area contributed by atoms with Gasteiger partial charge in [0.15, 0.2) is 0 Å². The van der Waals surface area contributed by atoms with E-state index in [2.05, 4.69) is 4.98 Å². The van der Waals surface area contributed by atoms with Crippen LogP contribution in [0.15, 0.2) is 47.3 Å². The van der Waals surface area contributed by atoms with E-state index in [1.165, 1.54) is 4.57 Å². The Labute approximate surface area is 116 Å². The molecule has 3 aromatic rings. The number of pyridine rings is 2. The second kappa shape index (κ2) is 4.49. The summed E-state index contributed by atoms with van der Waals surface area (Å²) in [5.41, 5.74) is 2.91. The van der Waals surface area contributed by atoms with Crippen LogP contribution in [0.1, 0.15) is 5.56 Å². The number of hydrogen-bond acceptors (Lipinski definition) is 3. The number of nitrogens with zero attached hydrogens (tertiary/aromatic N) is 2. The number of aromatic hydroxyl groups is 1. The summed E-state index contributed by atoms with van der Waals surface area (Å²) in [5.74, 6) is -0.0876. The summed E-state index contributed by atoms with van der Waals surface area (Å²) in [4.78, 5) is 16.4. The molecule has 4 nitrogen and oxygen atoms in total. The Morgan fingerprint density at radius 2 is 1.80 bits per heavy atom. The van der Waals surface area contributed by atoms with Gasteiger partial charge in [-0.25, -0.2) is 0 Å². The lowest BCUT2D eigenvalue weighted by Crippen LogP contribution is -2.21. The van der Waals surface area contributed by atoms with E-state index in [0.717, 1.165) is 16.5 Å². The Morgan fingerprint density at radius 1 is 1.10 bits per heavy atom. The second-order valence-corrected chi connectivity index (χ2v) is 4.77. The number of hydrogen-bond donors (Lipinski definition) is 1. The third-order valence-electron chi connectivity index (χ3n) is 3.51. The van der Waals surface area contributed by atoms with Crippen molar-refractivity contribution in [3.8, 4) is 17.0 Å². The van der Waals surface area contributed by atoms with Gasteiger partial charge in [0.1, 0.15) is 5.65 Å². The molecule has 0 fully saturated rings. The van der Waals surface area contributed by atoms with Crippen molar-refractivity contribution in [2.24, 2.45) is 7.05 Å². The highest BCUT2D eigenvalue weighted by atomic mass is 16.3. The van der Waals surface area contributed by atoms with Gasteiger partial charge in [-0.05, 0) is 18.6 Å². The normalized spacial score (nSPS) is 10.9. The van der Waals surface area contributed by atoms with E-state index in [0.29, 0.717) is 11.2 Å². The zero-order valence-electron chi connectivity index (χ0n) is 11.3. The van der Waals surface area contributed by atoms with Crippen LogP contribution >= 0.6 is 0 Å². The lowest BCUT2D eigenvalue weighted by atomic mass is 9.98. The van der Waals surface area contributed by atoms with E-state index in [4.69, 9.17) is 0 Å². The molecule has 0 aliphatic heterocycles. The van der Waals surface area contributed by atoms with Crippen LogP contribution in [-0.2, 0) is 7.05 Å². The summed E-state index contributed by atoms with van der Waals surface area (Å²) >= 11 is 0. The number of fused-ring (bicyclic) bond motifs is 1. The molecule has 2 aromatic heterocycles. The third kappa shape index (κ3) is 1.77. The summed E-state index contributed by atoms with van der Waals surface area (Å²) in [6, 6.07) is 13.1. The van der Waals surface area contributed by atoms with Gasteiger partial charge < -0.3 is 5.11 Å². The van der Waals surface area contributed by atoms with Gasteiger partial charge in [0.05, 0.1) is 0 Å². The molecule has 100 valence electrons. The fourth-order valence-corrected chi connectivity index (χ4v) is 2.52. The highest BCUT2D eigenvalue weighted by molar-refractivity contribution is 5.94. The van der Waals surface area contributed by atoms with E-state index in [9.17, 15) is 9.90 Å². The maximum absolute atomic E-state index is 12.3. The zero-order valence-corrected chi connectivity index (χ0v) is 11.3. The van der Waals surface area contributed by atoms with Gasteiger partial charge in [-0.2, -0.15) is 4.98 Å². The van der Waals surface area contributed by atoms with Gasteiger partial charge in [-0.15, -0.1) is 0 Å². The first kappa shape index (κ1) is 12.4. The van der Waals surface area contributed by atoms with Gasteiger partial charge in [0, 0.05) is 29.6 Å². The van der Waals surface area contributed by atoms with Crippen molar-refractivity contribution >= 4 is 11.0 Å². The molecule has 0 bridgehead atoms. The van der Waals surface area contributed by atoms with E-state index < -0.39 is 0 Å². The Kier molecular flexibility index (Phi) is 2.79. The van der Waals surface area contributed by atoms with Crippen molar-refractivity contribution < 1.29 is 5.11 Å². The molecule has 0 unspecified atom stereocenters. The third-order valence-corrected chi connectivity index (χ3v) is 3.51. The quantitative estimate of drug-likeness (QED) is 0.736. The maximum Gasteiger partial charge on any atom is 0.255 e. The molecule has 3 rings (SSSR count). The molecule has 0 saturated carbocycles. The van der Waals surface area contributed by atoms with Crippen molar-refractivity contribution in [1.29, 1.82) is 0 Å². The first-order valence-electron chi connectivity index (χ1n) is 6.34. The number of aryl methyl sites for hydroxylation is 1. The van der Waals surface area contributed by atoms with Crippen LogP contribution in [0.5, 0.6) is 5.88 Å². The topological polar surface area (TPSA) is 55.1 Å². The number of rotatable bonds is 1. The Bertz CT molecular complexity index is 852. The molecule has 0 aliphatic carbocycles. The van der Waals surface area contributed by atoms with Gasteiger partial charge in [-0.1, -0.05) is 30.3 Å². The van der Waals surface area contributed by atoms with E-state index in [1.54, 1.807) is 19.2 Å². The molecular weight excluding hydrogens is 252 g/mol. The minimum Gasteiger partial charge on any atom is -0.493 e. The SMILES string of the molecule is Cc1c(-c2ccccc2)c2ccc(O)nc2n(C)c1=O. The maximum atomic E-state index is 12.3. The van der Waals surface area contributed by atoms with Gasteiger partial charge >= 0.3 is 0 Å². The molecule has 2 heterocycles. The van der Waals surface area contributed by atoms with Gasteiger partial charge in [0.2, 0.25) is 5.88 Å². The highest BCUT2D eigenvalue weighted by Gasteiger charge is 2.14. The fraction of sp³-hybridized carbons (Fsp3) is 0.125. The predicted octanol–water partition coefficient (Wildman–Crippen LogP) is 2.61. The Hall–Kier alpha value is -2.62. The first-order valence-corrected chi connectivity index (χ1v) is 6.34. The summed E-state index contributed by atoms with van der Waals surface area (Å²) < 4.78 is 1.47. The van der Waals surface area contributed by atoms with Crippen molar-refractivity contribution in [2.45, 2.75) is 6.92 Å². The van der Waals surface area contributed by atoms with Gasteiger partial charge in [-0.3, -0.25) is 9.36 Å². The molecule has 0 spiro atoms. The van der Waals surface area contributed by atoms with E-state index in [-0.39, 0.29) is 11.4 Å². The zero-order chi connectivity index (χ0) is 14.3. The van der Waals surface area contributed by atoms with E-state index >= 15 is 0 Å². The minimum atomic E-state index is -0.102. The summed E-state index contributed by atoms with van der Waals surface area (Å²) in [7, 11) is 1.67. The molecule has 0 atom stereocenters. The molecule has 1 aromatic carbocycles. The number of benzene rings is 1. The van der Waals surface area contributed by atoms with Crippen LogP contribution in [0.3, 0.4) is 0 Å². The van der Waals surface area contributed by atoms with Crippen molar-refractivity contribution in [3.63, 3.8) is 0 Å². The predicted molar refractivity (Wildman–Crippen MR) is 78.8 cm³/mol. The van der Waals surface area contributed by atoms with Crippen molar-refractivity contribution in [2.75, 3.05) is 0 Å². The van der Waals surface area contributed by atoms with Crippen LogP contribution in [-0.4, -0.2) is 14.7 Å². The average Bonchev–Trinajstić information content (AvgIpc) is 2.47. The molecule has 1 N–H and O–H groups in total. The Morgan fingerprint density at radius 3 is 2.50 bits per heavy atom. The lowest BCUT2D eigenvalue weighted by molar-refractivity contribution is 0.455. The summed E-state index contributed by atoms with van der Waals surface area (Å²) in [6.07, 6.45) is 0. The van der Waals surface area contributed by atoms with Crippen LogP contribution in [0.4, 0.5) is 0 Å². The summed E-state index contributed by atoms with van der Waals surface area (Å²) in [5, 5.41) is 10.4. The average molecular weight is 266 g/mol. The molecule has 20 heavy (non-hydrogen) atoms. The molecular formula is C16H14N2O2. The van der Waals surface area contributed by atoms with Crippen LogP contribution < -0.4 is 5.56 Å². The standard InChI is InChI=1S/C16H14N2O2/c1-10-14(11-6-4-3-5-7-11)12-8-9-13(19)17-15(12)18(2)16(10)20/h3-9H,1-2H3,(H,17,19). The first-order chi connectivity index (χ1) is 9.59. The smallest absolute Gasteiger partial charge is 0.255 e. The van der Waals surface area contributed by atoms with Crippen LogP contribution in [0.2, 0.25) is 0 Å². The Balaban J connectivity index is 2.52.